The van der Waals surface area contributed by atoms with E-state index in [2.05, 4.69) is 15.7 Å². The van der Waals surface area contributed by atoms with Gasteiger partial charge in [0.1, 0.15) is 17.1 Å². The zero-order valence-electron chi connectivity index (χ0n) is 16.9. The second kappa shape index (κ2) is 9.31. The summed E-state index contributed by atoms with van der Waals surface area (Å²) < 4.78 is 20.1. The van der Waals surface area contributed by atoms with Crippen molar-refractivity contribution in [1.29, 1.82) is 0 Å². The Balaban J connectivity index is 2.23. The predicted molar refractivity (Wildman–Crippen MR) is 108 cm³/mol. The Bertz CT molecular complexity index is 950. The van der Waals surface area contributed by atoms with Crippen LogP contribution in [0.2, 0.25) is 0 Å². The van der Waals surface area contributed by atoms with Gasteiger partial charge in [0.05, 0.1) is 11.4 Å². The lowest BCUT2D eigenvalue weighted by Crippen LogP contribution is -2.28. The fourth-order valence-corrected chi connectivity index (χ4v) is 2.37. The highest BCUT2D eigenvalue weighted by molar-refractivity contribution is 6.05. The number of halogens is 1. The van der Waals surface area contributed by atoms with Crippen molar-refractivity contribution in [3.63, 3.8) is 0 Å². The largest absolute Gasteiger partial charge is 0.444 e. The first-order valence-corrected chi connectivity index (χ1v) is 9.28. The minimum atomic E-state index is -0.745. The maximum atomic E-state index is 13.7. The van der Waals surface area contributed by atoms with Gasteiger partial charge in [-0.25, -0.2) is 13.9 Å². The lowest BCUT2D eigenvalue weighted by Gasteiger charge is -2.20. The quantitative estimate of drug-likeness (QED) is 0.763. The number of benzene rings is 1. The number of unbranched alkanes of at least 4 members (excludes halogenated alkanes) is 1. The van der Waals surface area contributed by atoms with Crippen molar-refractivity contribution in [2.24, 2.45) is 0 Å². The topological polar surface area (TPSA) is 102 Å². The number of rotatable bonds is 6. The molecule has 0 aliphatic heterocycles. The SMILES string of the molecule is CCCCn1nc(C(=O)Nc2cc(F)ccc2NC(=O)OC(C)(C)C)ccc1=O. The van der Waals surface area contributed by atoms with Gasteiger partial charge < -0.3 is 10.1 Å². The van der Waals surface area contributed by atoms with E-state index in [9.17, 15) is 18.8 Å². The van der Waals surface area contributed by atoms with Crippen LogP contribution >= 0.6 is 0 Å². The summed E-state index contributed by atoms with van der Waals surface area (Å²) in [5, 5.41) is 9.05. The summed E-state index contributed by atoms with van der Waals surface area (Å²) in [6.45, 7) is 7.49. The monoisotopic (exact) mass is 404 g/mol. The third-order valence-electron chi connectivity index (χ3n) is 3.69. The van der Waals surface area contributed by atoms with Gasteiger partial charge in [-0.3, -0.25) is 14.9 Å². The van der Waals surface area contributed by atoms with Crippen LogP contribution in [0.3, 0.4) is 0 Å². The van der Waals surface area contributed by atoms with Crippen molar-refractivity contribution in [3.05, 3.63) is 52.2 Å². The number of aryl methyl sites for hydroxylation is 1. The zero-order chi connectivity index (χ0) is 21.6. The number of nitrogens with zero attached hydrogens (tertiary/aromatic N) is 2. The van der Waals surface area contributed by atoms with Crippen LogP contribution in [0.15, 0.2) is 35.1 Å². The van der Waals surface area contributed by atoms with Gasteiger partial charge in [-0.05, 0) is 51.5 Å². The number of nitrogens with one attached hydrogen (secondary N) is 2. The normalized spacial score (nSPS) is 11.1. The van der Waals surface area contributed by atoms with Crippen molar-refractivity contribution in [2.75, 3.05) is 10.6 Å². The lowest BCUT2D eigenvalue weighted by atomic mass is 10.2. The molecule has 0 radical (unpaired) electrons. The van der Waals surface area contributed by atoms with Gasteiger partial charge in [0.25, 0.3) is 11.5 Å². The van der Waals surface area contributed by atoms with Gasteiger partial charge in [0.2, 0.25) is 0 Å². The van der Waals surface area contributed by atoms with Crippen LogP contribution in [0, 0.1) is 5.82 Å². The summed E-state index contributed by atoms with van der Waals surface area (Å²) in [7, 11) is 0. The number of ether oxygens (including phenoxy) is 1. The van der Waals surface area contributed by atoms with Crippen molar-refractivity contribution < 1.29 is 18.7 Å². The maximum absolute atomic E-state index is 13.7. The second-order valence-corrected chi connectivity index (χ2v) is 7.40. The average molecular weight is 404 g/mol. The van der Waals surface area contributed by atoms with E-state index in [1.807, 2.05) is 6.92 Å². The Morgan fingerprint density at radius 2 is 1.86 bits per heavy atom. The minimum absolute atomic E-state index is 0.00631. The minimum Gasteiger partial charge on any atom is -0.444 e. The Hall–Kier alpha value is -3.23. The highest BCUT2D eigenvalue weighted by Crippen LogP contribution is 2.24. The standard InChI is InChI=1S/C20H25FN4O4/c1-5-6-11-25-17(26)10-9-15(24-25)18(27)22-16-12-13(21)7-8-14(16)23-19(28)29-20(2,3)4/h7-10,12H,5-6,11H2,1-4H3,(H,22,27)(H,23,28). The van der Waals surface area contributed by atoms with Gasteiger partial charge in [0.15, 0.2) is 0 Å². The van der Waals surface area contributed by atoms with Gasteiger partial charge in [-0.15, -0.1) is 0 Å². The van der Waals surface area contributed by atoms with Gasteiger partial charge >= 0.3 is 6.09 Å². The van der Waals surface area contributed by atoms with E-state index in [1.54, 1.807) is 20.8 Å². The van der Waals surface area contributed by atoms with E-state index in [0.717, 1.165) is 25.0 Å². The predicted octanol–water partition coefficient (Wildman–Crippen LogP) is 3.78. The van der Waals surface area contributed by atoms with Crippen molar-refractivity contribution in [2.45, 2.75) is 52.7 Å². The molecule has 8 nitrogen and oxygen atoms in total. The third kappa shape index (κ3) is 6.70. The molecule has 1 heterocycles. The lowest BCUT2D eigenvalue weighted by molar-refractivity contribution is 0.0635. The van der Waals surface area contributed by atoms with Crippen LogP contribution in [0.4, 0.5) is 20.6 Å². The molecule has 0 aliphatic rings. The Morgan fingerprint density at radius 3 is 2.52 bits per heavy atom. The molecule has 1 aromatic carbocycles. The second-order valence-electron chi connectivity index (χ2n) is 7.40. The van der Waals surface area contributed by atoms with Crippen molar-refractivity contribution in [3.8, 4) is 0 Å². The van der Waals surface area contributed by atoms with E-state index in [1.165, 1.54) is 22.9 Å². The van der Waals surface area contributed by atoms with E-state index >= 15 is 0 Å². The summed E-state index contributed by atoms with van der Waals surface area (Å²) in [5.41, 5.74) is -0.840. The number of anilines is 2. The number of carbonyl (C=O) groups is 2. The summed E-state index contributed by atoms with van der Waals surface area (Å²) in [5.74, 6) is -1.25. The number of hydrogen-bond donors (Lipinski definition) is 2. The highest BCUT2D eigenvalue weighted by Gasteiger charge is 2.19. The summed E-state index contributed by atoms with van der Waals surface area (Å²) >= 11 is 0. The number of carbonyl (C=O) groups excluding carboxylic acids is 2. The number of aromatic nitrogens is 2. The molecule has 29 heavy (non-hydrogen) atoms. The Kier molecular flexibility index (Phi) is 7.08. The van der Waals surface area contributed by atoms with Crippen LogP contribution in [-0.2, 0) is 11.3 Å². The molecule has 0 saturated heterocycles. The first-order chi connectivity index (χ1) is 13.6. The van der Waals surface area contributed by atoms with Crippen LogP contribution in [0.1, 0.15) is 51.0 Å². The fraction of sp³-hybridized carbons (Fsp3) is 0.400. The van der Waals surface area contributed by atoms with Crippen LogP contribution in [-0.4, -0.2) is 27.4 Å². The van der Waals surface area contributed by atoms with Crippen molar-refractivity contribution >= 4 is 23.4 Å². The molecule has 1 aromatic heterocycles. The Morgan fingerprint density at radius 1 is 1.14 bits per heavy atom. The molecule has 0 unspecified atom stereocenters. The molecule has 9 heteroatoms. The molecule has 2 N–H and O–H groups in total. The first-order valence-electron chi connectivity index (χ1n) is 9.28. The van der Waals surface area contributed by atoms with Gasteiger partial charge in [0, 0.05) is 12.6 Å². The Labute approximate surface area is 168 Å². The number of amides is 2. The van der Waals surface area contributed by atoms with Crippen LogP contribution in [0.25, 0.3) is 0 Å². The molecule has 2 amide bonds. The van der Waals surface area contributed by atoms with Crippen LogP contribution in [0.5, 0.6) is 0 Å². The van der Waals surface area contributed by atoms with Gasteiger partial charge in [-0.2, -0.15) is 5.10 Å². The van der Waals surface area contributed by atoms with Crippen LogP contribution < -0.4 is 16.2 Å². The zero-order valence-corrected chi connectivity index (χ0v) is 16.9. The molecule has 0 saturated carbocycles. The molecule has 0 spiro atoms. The summed E-state index contributed by atoms with van der Waals surface area (Å²) in [4.78, 5) is 36.4. The molecule has 0 fully saturated rings. The maximum Gasteiger partial charge on any atom is 0.412 e. The van der Waals surface area contributed by atoms with Gasteiger partial charge in [-0.1, -0.05) is 13.3 Å². The third-order valence-corrected chi connectivity index (χ3v) is 3.69. The average Bonchev–Trinajstić information content (AvgIpc) is 2.61. The van der Waals surface area contributed by atoms with E-state index in [4.69, 9.17) is 4.74 Å². The summed E-state index contributed by atoms with van der Waals surface area (Å²) in [6, 6.07) is 6.07. The molecule has 2 rings (SSSR count). The molecular formula is C20H25FN4O4. The molecule has 0 bridgehead atoms. The molecule has 0 aliphatic carbocycles. The highest BCUT2D eigenvalue weighted by atomic mass is 19.1. The van der Waals surface area contributed by atoms with Crippen molar-refractivity contribution in [1.82, 2.24) is 9.78 Å². The van der Waals surface area contributed by atoms with E-state index < -0.39 is 23.4 Å². The smallest absolute Gasteiger partial charge is 0.412 e. The van der Waals surface area contributed by atoms with E-state index in [-0.39, 0.29) is 22.6 Å². The first kappa shape index (κ1) is 22.1. The fourth-order valence-electron chi connectivity index (χ4n) is 2.37. The molecule has 2 aromatic rings. The molecule has 0 atom stereocenters. The van der Waals surface area contributed by atoms with E-state index in [0.29, 0.717) is 6.54 Å². The molecular weight excluding hydrogens is 379 g/mol. The summed E-state index contributed by atoms with van der Waals surface area (Å²) in [6.07, 6.45) is 0.866. The number of hydrogen-bond acceptors (Lipinski definition) is 5. The molecule has 156 valence electrons.